The van der Waals surface area contributed by atoms with Crippen LogP contribution in [0.15, 0.2) is 36.5 Å². The number of ether oxygens (including phenoxy) is 1. The van der Waals surface area contributed by atoms with Crippen molar-refractivity contribution in [2.45, 2.75) is 59.4 Å². The molecule has 1 aliphatic carbocycles. The second-order valence-corrected chi connectivity index (χ2v) is 10.2. The zero-order valence-corrected chi connectivity index (χ0v) is 21.7. The third kappa shape index (κ3) is 4.53. The van der Waals surface area contributed by atoms with Gasteiger partial charge in [-0.15, -0.1) is 11.3 Å². The van der Waals surface area contributed by atoms with E-state index in [2.05, 4.69) is 10.4 Å². The Hall–Kier alpha value is -3.52. The number of hydrogen-bond acceptors (Lipinski definition) is 6. The van der Waals surface area contributed by atoms with E-state index >= 15 is 0 Å². The highest BCUT2D eigenvalue weighted by Gasteiger charge is 2.28. The third-order valence-electron chi connectivity index (χ3n) is 6.55. The van der Waals surface area contributed by atoms with E-state index in [9.17, 15) is 9.59 Å². The highest BCUT2D eigenvalue weighted by Crippen LogP contribution is 2.39. The van der Waals surface area contributed by atoms with Crippen LogP contribution in [0.2, 0.25) is 0 Å². The number of nitrogens with one attached hydrogen (secondary N) is 1. The van der Waals surface area contributed by atoms with Gasteiger partial charge in [-0.2, -0.15) is 5.10 Å². The van der Waals surface area contributed by atoms with Gasteiger partial charge in [0.15, 0.2) is 0 Å². The third-order valence-corrected chi connectivity index (χ3v) is 7.75. The lowest BCUT2D eigenvalue weighted by atomic mass is 9.95. The van der Waals surface area contributed by atoms with Gasteiger partial charge < -0.3 is 10.1 Å². The molecule has 5 rings (SSSR count). The zero-order valence-electron chi connectivity index (χ0n) is 20.9. The monoisotopic (exact) mass is 502 g/mol. The molecule has 3 aromatic heterocycles. The van der Waals surface area contributed by atoms with Gasteiger partial charge in [-0.1, -0.05) is 25.1 Å². The fourth-order valence-corrected chi connectivity index (χ4v) is 6.01. The molecule has 0 radical (unpaired) electrons. The molecular formula is C28H30N4O3S. The first-order valence-electron chi connectivity index (χ1n) is 12.6. The van der Waals surface area contributed by atoms with Crippen LogP contribution in [0.1, 0.15) is 70.0 Å². The lowest BCUT2D eigenvalue weighted by Gasteiger charge is -2.13. The van der Waals surface area contributed by atoms with E-state index in [1.54, 1.807) is 0 Å². The number of thiophene rings is 1. The predicted octanol–water partition coefficient (Wildman–Crippen LogP) is 6.19. The fourth-order valence-electron chi connectivity index (χ4n) is 4.74. The Balaban J connectivity index is 1.57. The Labute approximate surface area is 214 Å². The van der Waals surface area contributed by atoms with Crippen molar-refractivity contribution in [1.29, 1.82) is 0 Å². The minimum absolute atomic E-state index is 0.265. The molecule has 1 N–H and O–H groups in total. The predicted molar refractivity (Wildman–Crippen MR) is 143 cm³/mol. The molecule has 0 spiro atoms. The van der Waals surface area contributed by atoms with Gasteiger partial charge in [0.25, 0.3) is 5.91 Å². The number of nitrogens with zero attached hydrogens (tertiary/aromatic N) is 3. The van der Waals surface area contributed by atoms with E-state index in [1.165, 1.54) is 16.2 Å². The smallest absolute Gasteiger partial charge is 0.341 e. The molecule has 0 saturated carbocycles. The number of carbonyl (C=O) groups excluding carboxylic acids is 2. The molecule has 0 aliphatic heterocycles. The average Bonchev–Trinajstić information content (AvgIpc) is 3.46. The van der Waals surface area contributed by atoms with Crippen LogP contribution < -0.4 is 5.32 Å². The summed E-state index contributed by atoms with van der Waals surface area (Å²) in [5.74, 6) is -0.618. The normalized spacial score (nSPS) is 13.0. The number of carbonyl (C=O) groups is 2. The summed E-state index contributed by atoms with van der Waals surface area (Å²) >= 11 is 1.50. The first kappa shape index (κ1) is 24.2. The molecule has 3 heterocycles. The van der Waals surface area contributed by atoms with Gasteiger partial charge in [0, 0.05) is 28.6 Å². The number of rotatable bonds is 7. The molecule has 4 aromatic rings. The molecule has 8 heteroatoms. The van der Waals surface area contributed by atoms with Crippen molar-refractivity contribution in [2.75, 3.05) is 11.9 Å². The van der Waals surface area contributed by atoms with Gasteiger partial charge >= 0.3 is 5.97 Å². The molecule has 36 heavy (non-hydrogen) atoms. The molecule has 7 nitrogen and oxygen atoms in total. The van der Waals surface area contributed by atoms with Gasteiger partial charge in [-0.25, -0.2) is 9.78 Å². The lowest BCUT2D eigenvalue weighted by Crippen LogP contribution is -2.16. The summed E-state index contributed by atoms with van der Waals surface area (Å²) in [6.07, 6.45) is 6.60. The molecule has 0 unspecified atom stereocenters. The number of anilines is 1. The van der Waals surface area contributed by atoms with E-state index in [0.717, 1.165) is 66.4 Å². The number of aromatic nitrogens is 3. The van der Waals surface area contributed by atoms with Gasteiger partial charge in [-0.3, -0.25) is 9.48 Å². The maximum Gasteiger partial charge on any atom is 0.341 e. The summed E-state index contributed by atoms with van der Waals surface area (Å²) in [7, 11) is 0. The summed E-state index contributed by atoms with van der Waals surface area (Å²) in [5, 5.41) is 8.95. The highest BCUT2D eigenvalue weighted by atomic mass is 32.1. The quantitative estimate of drug-likeness (QED) is 0.305. The number of esters is 1. The van der Waals surface area contributed by atoms with E-state index in [-0.39, 0.29) is 11.9 Å². The van der Waals surface area contributed by atoms with E-state index in [4.69, 9.17) is 9.72 Å². The Bertz CT molecular complexity index is 1450. The molecular weight excluding hydrogens is 472 g/mol. The minimum atomic E-state index is -0.352. The van der Waals surface area contributed by atoms with Crippen LogP contribution in [0.3, 0.4) is 0 Å². The number of benzene rings is 1. The fraction of sp³-hybridized carbons (Fsp3) is 0.357. The number of fused-ring (bicyclic) bond motifs is 2. The number of para-hydroxylation sites is 1. The van der Waals surface area contributed by atoms with Crippen LogP contribution in [0.5, 0.6) is 0 Å². The van der Waals surface area contributed by atoms with Crippen LogP contribution >= 0.6 is 11.3 Å². The Morgan fingerprint density at radius 1 is 1.17 bits per heavy atom. The largest absolute Gasteiger partial charge is 0.462 e. The van der Waals surface area contributed by atoms with Gasteiger partial charge in [0.2, 0.25) is 0 Å². The van der Waals surface area contributed by atoms with Gasteiger partial charge in [-0.05, 0) is 63.6 Å². The van der Waals surface area contributed by atoms with Crippen molar-refractivity contribution in [3.8, 4) is 11.3 Å². The molecule has 1 amide bonds. The molecule has 0 atom stereocenters. The highest BCUT2D eigenvalue weighted by molar-refractivity contribution is 7.17. The van der Waals surface area contributed by atoms with Crippen LogP contribution in [0.4, 0.5) is 5.00 Å². The van der Waals surface area contributed by atoms with Gasteiger partial charge in [0.05, 0.1) is 34.6 Å². The average molecular weight is 503 g/mol. The van der Waals surface area contributed by atoms with E-state index < -0.39 is 0 Å². The summed E-state index contributed by atoms with van der Waals surface area (Å²) in [4.78, 5) is 32.8. The van der Waals surface area contributed by atoms with Crippen molar-refractivity contribution < 1.29 is 14.3 Å². The first-order chi connectivity index (χ1) is 17.5. The summed E-state index contributed by atoms with van der Waals surface area (Å²) in [6.45, 7) is 7.06. The lowest BCUT2D eigenvalue weighted by molar-refractivity contribution is 0.0505. The maximum absolute atomic E-state index is 13.8. The van der Waals surface area contributed by atoms with Crippen molar-refractivity contribution in [1.82, 2.24) is 14.8 Å². The molecule has 1 aliphatic rings. The van der Waals surface area contributed by atoms with Crippen LogP contribution in [0.25, 0.3) is 22.2 Å². The number of amides is 1. The van der Waals surface area contributed by atoms with Crippen molar-refractivity contribution >= 4 is 39.1 Å². The van der Waals surface area contributed by atoms with Crippen molar-refractivity contribution in [3.05, 3.63) is 63.8 Å². The number of hydrogen-bond donors (Lipinski definition) is 1. The molecule has 1 aromatic carbocycles. The van der Waals surface area contributed by atoms with E-state index in [0.29, 0.717) is 28.4 Å². The Morgan fingerprint density at radius 2 is 1.97 bits per heavy atom. The summed E-state index contributed by atoms with van der Waals surface area (Å²) in [6, 6.07) is 9.45. The number of aryl methyl sites for hydroxylation is 3. The van der Waals surface area contributed by atoms with Crippen LogP contribution in [0, 0.1) is 6.92 Å². The van der Waals surface area contributed by atoms with Crippen molar-refractivity contribution in [2.24, 2.45) is 0 Å². The van der Waals surface area contributed by atoms with Crippen LogP contribution in [-0.4, -0.2) is 33.2 Å². The Kier molecular flexibility index (Phi) is 6.87. The summed E-state index contributed by atoms with van der Waals surface area (Å²) < 4.78 is 7.37. The number of pyridine rings is 1. The topological polar surface area (TPSA) is 86.1 Å². The minimum Gasteiger partial charge on any atom is -0.462 e. The SMILES string of the molecule is CCCOC(=O)c1c(NC(=O)c2cc(-c3cn(CC)nc3C)nc3ccccc23)sc2c1CCCC2. The van der Waals surface area contributed by atoms with Crippen LogP contribution in [-0.2, 0) is 24.1 Å². The summed E-state index contributed by atoms with van der Waals surface area (Å²) in [5.41, 5.74) is 5.25. The molecule has 0 saturated heterocycles. The zero-order chi connectivity index (χ0) is 25.2. The maximum atomic E-state index is 13.8. The first-order valence-corrected chi connectivity index (χ1v) is 13.4. The second-order valence-electron chi connectivity index (χ2n) is 9.06. The molecule has 186 valence electrons. The van der Waals surface area contributed by atoms with E-state index in [1.807, 2.05) is 62.0 Å². The van der Waals surface area contributed by atoms with Crippen molar-refractivity contribution in [3.63, 3.8) is 0 Å². The molecule has 0 bridgehead atoms. The van der Waals surface area contributed by atoms with Gasteiger partial charge in [0.1, 0.15) is 5.00 Å². The standard InChI is InChI=1S/C28H30N4O3S/c1-4-14-35-28(34)25-19-11-7-9-13-24(19)36-27(25)30-26(33)20-15-23(21-16-32(5-2)31-17(21)3)29-22-12-8-6-10-18(20)22/h6,8,10,12,15-16H,4-5,7,9,11,13-14H2,1-3H3,(H,30,33). The second kappa shape index (κ2) is 10.2. The Morgan fingerprint density at radius 3 is 2.75 bits per heavy atom. The molecule has 0 fully saturated rings.